The molecule has 2 N–H and O–H groups in total. The molecule has 2 aromatic heterocycles. The van der Waals surface area contributed by atoms with E-state index >= 15 is 0 Å². The summed E-state index contributed by atoms with van der Waals surface area (Å²) in [5, 5.41) is 12.2. The van der Waals surface area contributed by atoms with E-state index in [1.54, 1.807) is 12.1 Å². The number of pyridine rings is 1. The topological polar surface area (TPSA) is 92.2 Å². The lowest BCUT2D eigenvalue weighted by molar-refractivity contribution is -0.136. The van der Waals surface area contributed by atoms with E-state index in [1.165, 1.54) is 23.7 Å². The minimum atomic E-state index is -0.942. The van der Waals surface area contributed by atoms with E-state index in [2.05, 4.69) is 15.3 Å². The highest BCUT2D eigenvalue weighted by Crippen LogP contribution is 2.31. The first-order valence-corrected chi connectivity index (χ1v) is 7.93. The zero-order chi connectivity index (χ0) is 16.9. The molecule has 0 fully saturated rings. The predicted molar refractivity (Wildman–Crippen MR) is 91.1 cm³/mol. The lowest BCUT2D eigenvalue weighted by atomic mass is 10.1. The number of carboxylic acid groups (broad SMARTS) is 1. The third-order valence-electron chi connectivity index (χ3n) is 3.22. The Morgan fingerprint density at radius 1 is 1.08 bits per heavy atom. The molecule has 0 aliphatic rings. The lowest BCUT2D eigenvalue weighted by Gasteiger charge is -2.00. The maximum absolute atomic E-state index is 12.2. The van der Waals surface area contributed by atoms with Crippen LogP contribution in [0.1, 0.15) is 15.2 Å². The summed E-state index contributed by atoms with van der Waals surface area (Å²) in [5.41, 5.74) is 1.85. The Bertz CT molecular complexity index is 863. The van der Waals surface area contributed by atoms with Gasteiger partial charge in [-0.2, -0.15) is 0 Å². The molecule has 0 aliphatic carbocycles. The average molecular weight is 339 g/mol. The van der Waals surface area contributed by atoms with Crippen molar-refractivity contribution in [2.75, 3.05) is 5.32 Å². The maximum atomic E-state index is 12.2. The summed E-state index contributed by atoms with van der Waals surface area (Å²) < 4.78 is 0. The molecule has 0 atom stereocenters. The number of aromatic nitrogens is 2. The van der Waals surface area contributed by atoms with Crippen molar-refractivity contribution in [1.29, 1.82) is 0 Å². The number of thiazole rings is 1. The molecule has 0 spiro atoms. The van der Waals surface area contributed by atoms with Crippen LogP contribution in [0, 0.1) is 0 Å². The minimum absolute atomic E-state index is 0.146. The van der Waals surface area contributed by atoms with Crippen molar-refractivity contribution in [2.45, 2.75) is 6.42 Å². The Kier molecular flexibility index (Phi) is 4.62. The zero-order valence-corrected chi connectivity index (χ0v) is 13.3. The van der Waals surface area contributed by atoms with Crippen LogP contribution in [0.4, 0.5) is 5.13 Å². The monoisotopic (exact) mass is 339 g/mol. The summed E-state index contributed by atoms with van der Waals surface area (Å²) in [6, 6.07) is 12.5. The highest BCUT2D eigenvalue weighted by Gasteiger charge is 2.17. The second kappa shape index (κ2) is 7.01. The predicted octanol–water partition coefficient (Wildman–Crippen LogP) is 3.08. The fourth-order valence-electron chi connectivity index (χ4n) is 2.16. The number of hydrogen-bond donors (Lipinski definition) is 2. The molecule has 0 aliphatic heterocycles. The highest BCUT2D eigenvalue weighted by molar-refractivity contribution is 7.16. The molecule has 1 amide bonds. The van der Waals surface area contributed by atoms with Crippen LogP contribution in [0.2, 0.25) is 0 Å². The molecule has 0 radical (unpaired) electrons. The summed E-state index contributed by atoms with van der Waals surface area (Å²) in [6.45, 7) is 0. The van der Waals surface area contributed by atoms with Gasteiger partial charge in [0.2, 0.25) is 0 Å². The summed E-state index contributed by atoms with van der Waals surface area (Å²) >= 11 is 1.17. The normalized spacial score (nSPS) is 10.3. The summed E-state index contributed by atoms with van der Waals surface area (Å²) in [4.78, 5) is 32.2. The number of anilines is 1. The van der Waals surface area contributed by atoms with Gasteiger partial charge in [-0.3, -0.25) is 19.9 Å². The molecule has 6 nitrogen and oxygen atoms in total. The Morgan fingerprint density at radius 2 is 1.79 bits per heavy atom. The van der Waals surface area contributed by atoms with E-state index in [0.29, 0.717) is 21.3 Å². The standard InChI is InChI=1S/C17H13N3O3S/c21-14(22)10-13-15(11-4-2-1-3-5-11)19-17(24-13)20-16(23)12-6-8-18-9-7-12/h1-9H,10H2,(H,21,22)(H,19,20,23). The Balaban J connectivity index is 1.91. The Morgan fingerprint density at radius 3 is 2.46 bits per heavy atom. The number of carboxylic acids is 1. The van der Waals surface area contributed by atoms with E-state index in [-0.39, 0.29) is 12.3 Å². The smallest absolute Gasteiger partial charge is 0.308 e. The van der Waals surface area contributed by atoms with E-state index in [0.717, 1.165) is 5.56 Å². The van der Waals surface area contributed by atoms with Gasteiger partial charge in [-0.1, -0.05) is 30.3 Å². The van der Waals surface area contributed by atoms with E-state index in [4.69, 9.17) is 5.11 Å². The van der Waals surface area contributed by atoms with E-state index in [9.17, 15) is 9.59 Å². The van der Waals surface area contributed by atoms with Crippen molar-refractivity contribution < 1.29 is 14.7 Å². The first-order chi connectivity index (χ1) is 11.6. The van der Waals surface area contributed by atoms with Crippen LogP contribution in [0.3, 0.4) is 0 Å². The van der Waals surface area contributed by atoms with Crippen LogP contribution >= 0.6 is 11.3 Å². The summed E-state index contributed by atoms with van der Waals surface area (Å²) in [5.74, 6) is -1.25. The molecular weight excluding hydrogens is 326 g/mol. The maximum Gasteiger partial charge on any atom is 0.308 e. The average Bonchev–Trinajstić information content (AvgIpc) is 2.98. The number of rotatable bonds is 5. The molecule has 0 saturated heterocycles. The summed E-state index contributed by atoms with van der Waals surface area (Å²) in [6.07, 6.45) is 2.91. The minimum Gasteiger partial charge on any atom is -0.481 e. The molecular formula is C17H13N3O3S. The number of carbonyl (C=O) groups excluding carboxylic acids is 1. The van der Waals surface area contributed by atoms with E-state index in [1.807, 2.05) is 30.3 Å². The molecule has 3 rings (SSSR count). The second-order valence-electron chi connectivity index (χ2n) is 4.92. The molecule has 0 unspecified atom stereocenters. The van der Waals surface area contributed by atoms with E-state index < -0.39 is 5.97 Å². The van der Waals surface area contributed by atoms with Crippen molar-refractivity contribution in [3.63, 3.8) is 0 Å². The van der Waals surface area contributed by atoms with Crippen molar-refractivity contribution in [3.8, 4) is 11.3 Å². The molecule has 120 valence electrons. The van der Waals surface area contributed by atoms with Crippen molar-refractivity contribution in [1.82, 2.24) is 9.97 Å². The SMILES string of the molecule is O=C(O)Cc1sc(NC(=O)c2ccncc2)nc1-c1ccccc1. The number of benzene rings is 1. The number of nitrogens with zero attached hydrogens (tertiary/aromatic N) is 2. The molecule has 0 saturated carbocycles. The van der Waals surface area contributed by atoms with Gasteiger partial charge in [-0.15, -0.1) is 11.3 Å². The third-order valence-corrected chi connectivity index (χ3v) is 4.19. The fraction of sp³-hybridized carbons (Fsp3) is 0.0588. The van der Waals surface area contributed by atoms with Crippen molar-refractivity contribution >= 4 is 28.3 Å². The lowest BCUT2D eigenvalue weighted by Crippen LogP contribution is -2.11. The molecule has 7 heteroatoms. The Labute approximate surface area is 141 Å². The van der Waals surface area contributed by atoms with Crippen LogP contribution in [-0.2, 0) is 11.2 Å². The third kappa shape index (κ3) is 3.64. The highest BCUT2D eigenvalue weighted by atomic mass is 32.1. The van der Waals surface area contributed by atoms with Crippen molar-refractivity contribution in [2.24, 2.45) is 0 Å². The van der Waals surface area contributed by atoms with Gasteiger partial charge in [-0.05, 0) is 12.1 Å². The van der Waals surface area contributed by atoms with Gasteiger partial charge in [0.15, 0.2) is 5.13 Å². The number of carbonyl (C=O) groups is 2. The van der Waals surface area contributed by atoms with Crippen LogP contribution in [0.15, 0.2) is 54.9 Å². The first kappa shape index (κ1) is 15.8. The van der Waals surface area contributed by atoms with Crippen LogP contribution in [-0.4, -0.2) is 27.0 Å². The molecule has 1 aromatic carbocycles. The molecule has 3 aromatic rings. The van der Waals surface area contributed by atoms with Gasteiger partial charge in [0.1, 0.15) is 0 Å². The molecule has 2 heterocycles. The number of aliphatic carboxylic acids is 1. The second-order valence-corrected chi connectivity index (χ2v) is 6.00. The summed E-state index contributed by atoms with van der Waals surface area (Å²) in [7, 11) is 0. The van der Waals surface area contributed by atoms with Gasteiger partial charge >= 0.3 is 5.97 Å². The van der Waals surface area contributed by atoms with Crippen LogP contribution in [0.5, 0.6) is 0 Å². The fourth-order valence-corrected chi connectivity index (χ4v) is 3.13. The van der Waals surface area contributed by atoms with Gasteiger partial charge in [0, 0.05) is 28.4 Å². The van der Waals surface area contributed by atoms with Crippen LogP contribution < -0.4 is 5.32 Å². The number of nitrogens with one attached hydrogen (secondary N) is 1. The largest absolute Gasteiger partial charge is 0.481 e. The Hall–Kier alpha value is -3.06. The van der Waals surface area contributed by atoms with Gasteiger partial charge in [0.25, 0.3) is 5.91 Å². The molecule has 0 bridgehead atoms. The quantitative estimate of drug-likeness (QED) is 0.745. The number of hydrogen-bond acceptors (Lipinski definition) is 5. The van der Waals surface area contributed by atoms with Gasteiger partial charge < -0.3 is 5.11 Å². The van der Waals surface area contributed by atoms with Crippen LogP contribution in [0.25, 0.3) is 11.3 Å². The zero-order valence-electron chi connectivity index (χ0n) is 12.5. The van der Waals surface area contributed by atoms with Gasteiger partial charge in [-0.25, -0.2) is 4.98 Å². The molecule has 24 heavy (non-hydrogen) atoms. The number of amides is 1. The first-order valence-electron chi connectivity index (χ1n) is 7.12. The van der Waals surface area contributed by atoms with Gasteiger partial charge in [0.05, 0.1) is 12.1 Å². The van der Waals surface area contributed by atoms with Crippen molar-refractivity contribution in [3.05, 3.63) is 65.3 Å².